The number of hydrogen-bond donors (Lipinski definition) is 1. The van der Waals surface area contributed by atoms with Gasteiger partial charge in [0.1, 0.15) is 12.5 Å². The molecule has 0 bridgehead atoms. The molecule has 3 rings (SSSR count). The van der Waals surface area contributed by atoms with Crippen molar-refractivity contribution in [1.82, 2.24) is 19.7 Å². The second kappa shape index (κ2) is 6.22. The van der Waals surface area contributed by atoms with Crippen LogP contribution in [0.5, 0.6) is 0 Å². The number of hydrogen-bond acceptors (Lipinski definition) is 4. The zero-order chi connectivity index (χ0) is 20.1. The topological polar surface area (TPSA) is 69.6 Å². The highest BCUT2D eigenvalue weighted by Crippen LogP contribution is 2.38. The predicted octanol–water partition coefficient (Wildman–Crippen LogP) is 4.56. The third-order valence-corrected chi connectivity index (χ3v) is 3.78. The van der Waals surface area contributed by atoms with Crippen molar-refractivity contribution in [2.75, 3.05) is 5.73 Å². The molecule has 144 valence electrons. The highest BCUT2D eigenvalue weighted by Gasteiger charge is 2.38. The zero-order valence-electron chi connectivity index (χ0n) is 12.8. The Morgan fingerprint density at radius 2 is 1.74 bits per heavy atom. The van der Waals surface area contributed by atoms with Crippen LogP contribution in [0.2, 0.25) is 5.02 Å². The fourth-order valence-electron chi connectivity index (χ4n) is 2.36. The minimum Gasteiger partial charge on any atom is -0.383 e. The van der Waals surface area contributed by atoms with Crippen LogP contribution < -0.4 is 5.73 Å². The summed E-state index contributed by atoms with van der Waals surface area (Å²) in [5, 5.41) is 2.59. The van der Waals surface area contributed by atoms with Gasteiger partial charge in [0.2, 0.25) is 0 Å². The number of alkyl halides is 7. The number of anilines is 1. The highest BCUT2D eigenvalue weighted by atomic mass is 35.5. The Morgan fingerprint density at radius 1 is 1.07 bits per heavy atom. The molecular formula is C14H7ClF7N5. The van der Waals surface area contributed by atoms with E-state index in [9.17, 15) is 30.7 Å². The summed E-state index contributed by atoms with van der Waals surface area (Å²) < 4.78 is 91.3. The molecule has 0 spiro atoms. The second-order valence-corrected chi connectivity index (χ2v) is 5.72. The van der Waals surface area contributed by atoms with Crippen LogP contribution in [0.25, 0.3) is 16.7 Å². The average molecular weight is 414 g/mol. The monoisotopic (exact) mass is 413 g/mol. The molecule has 0 amide bonds. The molecule has 5 nitrogen and oxygen atoms in total. The van der Waals surface area contributed by atoms with Crippen LogP contribution >= 0.6 is 11.6 Å². The van der Waals surface area contributed by atoms with E-state index in [1.54, 1.807) is 0 Å². The van der Waals surface area contributed by atoms with Gasteiger partial charge in [0.25, 0.3) is 0 Å². The molecule has 0 atom stereocenters. The van der Waals surface area contributed by atoms with E-state index in [0.717, 1.165) is 6.07 Å². The number of aromatic nitrogens is 4. The van der Waals surface area contributed by atoms with E-state index in [4.69, 9.17) is 17.3 Å². The van der Waals surface area contributed by atoms with Crippen LogP contribution in [0.3, 0.4) is 0 Å². The zero-order valence-corrected chi connectivity index (χ0v) is 13.6. The minimum absolute atomic E-state index is 0.361. The van der Waals surface area contributed by atoms with Gasteiger partial charge in [0.15, 0.2) is 11.5 Å². The van der Waals surface area contributed by atoms with E-state index in [-0.39, 0.29) is 5.52 Å². The average Bonchev–Trinajstić information content (AvgIpc) is 2.88. The van der Waals surface area contributed by atoms with Gasteiger partial charge in [-0.25, -0.2) is 14.4 Å². The molecule has 0 unspecified atom stereocenters. The number of nitrogens with two attached hydrogens (primary N) is 1. The lowest BCUT2D eigenvalue weighted by atomic mass is 10.2. The molecular weight excluding hydrogens is 407 g/mol. The van der Waals surface area contributed by atoms with Crippen molar-refractivity contribution in [3.05, 3.63) is 40.3 Å². The summed E-state index contributed by atoms with van der Waals surface area (Å²) in [6.07, 6.45) is -9.26. The highest BCUT2D eigenvalue weighted by molar-refractivity contribution is 6.32. The Bertz CT molecular complexity index is 1030. The van der Waals surface area contributed by atoms with Gasteiger partial charge >= 0.3 is 12.4 Å². The molecule has 0 aliphatic carbocycles. The fraction of sp³-hybridized carbons (Fsp3) is 0.214. The second-order valence-electron chi connectivity index (χ2n) is 5.31. The SMILES string of the molecule is Nc1c2c(C(F)(F)F)nc(CF)cc2nn1-c1ncc(C(F)(F)F)cc1Cl. The summed E-state index contributed by atoms with van der Waals surface area (Å²) in [6, 6.07) is 1.47. The molecule has 0 radical (unpaired) electrons. The van der Waals surface area contributed by atoms with Gasteiger partial charge in [0, 0.05) is 6.20 Å². The number of fused-ring (bicyclic) bond motifs is 1. The van der Waals surface area contributed by atoms with Gasteiger partial charge in [-0.2, -0.15) is 36.1 Å². The lowest BCUT2D eigenvalue weighted by Crippen LogP contribution is -2.11. The first-order valence-electron chi connectivity index (χ1n) is 6.98. The standard InChI is InChI=1S/C14H7ClF7N5/c15-7-1-5(13(17,18)19)4-24-12(7)27-11(23)9-8(26-27)2-6(3-16)25-10(9)14(20,21)22/h1-2,4H,3,23H2. The molecule has 3 aromatic heterocycles. The summed E-state index contributed by atoms with van der Waals surface area (Å²) in [5.74, 6) is -1.03. The Morgan fingerprint density at radius 3 is 2.26 bits per heavy atom. The number of nitrogen functional groups attached to an aromatic ring is 1. The number of halogens is 8. The number of nitrogens with zero attached hydrogens (tertiary/aromatic N) is 4. The van der Waals surface area contributed by atoms with Crippen LogP contribution in [-0.2, 0) is 19.0 Å². The molecule has 3 aromatic rings. The van der Waals surface area contributed by atoms with Crippen molar-refractivity contribution in [3.8, 4) is 5.82 Å². The summed E-state index contributed by atoms with van der Waals surface area (Å²) in [6.45, 7) is -1.29. The minimum atomic E-state index is -4.97. The van der Waals surface area contributed by atoms with Crippen molar-refractivity contribution in [1.29, 1.82) is 0 Å². The fourth-order valence-corrected chi connectivity index (χ4v) is 2.60. The summed E-state index contributed by atoms with van der Waals surface area (Å²) >= 11 is 5.78. The number of rotatable bonds is 2. The molecule has 2 N–H and O–H groups in total. The van der Waals surface area contributed by atoms with Gasteiger partial charge in [-0.15, -0.1) is 0 Å². The first-order chi connectivity index (χ1) is 12.4. The molecule has 0 saturated carbocycles. The molecule has 3 heterocycles. The first-order valence-corrected chi connectivity index (χ1v) is 7.35. The van der Waals surface area contributed by atoms with E-state index in [1.807, 2.05) is 0 Å². The van der Waals surface area contributed by atoms with Crippen molar-refractivity contribution >= 4 is 28.3 Å². The van der Waals surface area contributed by atoms with Crippen molar-refractivity contribution in [2.45, 2.75) is 19.0 Å². The van der Waals surface area contributed by atoms with E-state index >= 15 is 0 Å². The van der Waals surface area contributed by atoms with E-state index in [0.29, 0.717) is 16.9 Å². The van der Waals surface area contributed by atoms with Crippen molar-refractivity contribution < 1.29 is 30.7 Å². The van der Waals surface area contributed by atoms with Crippen LogP contribution in [-0.4, -0.2) is 19.7 Å². The molecule has 0 aliphatic rings. The van der Waals surface area contributed by atoms with Crippen LogP contribution in [0, 0.1) is 0 Å². The Hall–Kier alpha value is -2.63. The van der Waals surface area contributed by atoms with Gasteiger partial charge in [-0.05, 0) is 12.1 Å². The maximum Gasteiger partial charge on any atom is 0.434 e. The maximum absolute atomic E-state index is 13.2. The van der Waals surface area contributed by atoms with Gasteiger partial charge in [-0.1, -0.05) is 11.6 Å². The molecule has 27 heavy (non-hydrogen) atoms. The Labute approximate surface area is 150 Å². The van der Waals surface area contributed by atoms with Gasteiger partial charge in [-0.3, -0.25) is 0 Å². The Balaban J connectivity index is 2.27. The quantitative estimate of drug-likeness (QED) is 0.625. The van der Waals surface area contributed by atoms with Gasteiger partial charge in [0.05, 0.1) is 27.2 Å². The molecule has 13 heteroatoms. The van der Waals surface area contributed by atoms with Crippen LogP contribution in [0.1, 0.15) is 17.0 Å². The van der Waals surface area contributed by atoms with Gasteiger partial charge < -0.3 is 5.73 Å². The Kier molecular flexibility index (Phi) is 4.41. The third-order valence-electron chi connectivity index (χ3n) is 3.50. The van der Waals surface area contributed by atoms with Crippen LogP contribution in [0.4, 0.5) is 36.6 Å². The molecule has 0 fully saturated rings. The molecule has 0 aliphatic heterocycles. The van der Waals surface area contributed by atoms with Crippen molar-refractivity contribution in [3.63, 3.8) is 0 Å². The predicted molar refractivity (Wildman–Crippen MR) is 80.9 cm³/mol. The van der Waals surface area contributed by atoms with E-state index < -0.39 is 58.0 Å². The smallest absolute Gasteiger partial charge is 0.383 e. The largest absolute Gasteiger partial charge is 0.434 e. The van der Waals surface area contributed by atoms with Crippen LogP contribution in [0.15, 0.2) is 18.3 Å². The normalized spacial score (nSPS) is 12.7. The lowest BCUT2D eigenvalue weighted by Gasteiger charge is -2.10. The third kappa shape index (κ3) is 3.36. The first kappa shape index (κ1) is 19.1. The number of pyridine rings is 2. The lowest BCUT2D eigenvalue weighted by molar-refractivity contribution is -0.140. The summed E-state index contributed by atoms with van der Waals surface area (Å²) in [5.41, 5.74) is 2.17. The van der Waals surface area contributed by atoms with Crippen molar-refractivity contribution in [2.24, 2.45) is 0 Å². The molecule has 0 aromatic carbocycles. The van der Waals surface area contributed by atoms with E-state index in [2.05, 4.69) is 15.1 Å². The maximum atomic E-state index is 13.2. The summed E-state index contributed by atoms with van der Waals surface area (Å²) in [4.78, 5) is 6.69. The summed E-state index contributed by atoms with van der Waals surface area (Å²) in [7, 11) is 0. The van der Waals surface area contributed by atoms with E-state index in [1.165, 1.54) is 0 Å². The molecule has 0 saturated heterocycles.